The highest BCUT2D eigenvalue weighted by atomic mass is 16.5. The normalized spacial score (nSPS) is 15.0. The van der Waals surface area contributed by atoms with Crippen LogP contribution >= 0.6 is 0 Å². The average Bonchev–Trinajstić information content (AvgIpc) is 2.99. The Labute approximate surface area is 139 Å². The number of hydrogen-bond acceptors (Lipinski definition) is 6. The highest BCUT2D eigenvalue weighted by Crippen LogP contribution is 2.18. The first-order valence-electron chi connectivity index (χ1n) is 7.67. The SMILES string of the molecule is COC(=O)C1CCN(C(=O)CNC(=O)c2cn(C)nc2OC)CC1. The van der Waals surface area contributed by atoms with Crippen molar-refractivity contribution in [2.45, 2.75) is 12.8 Å². The minimum atomic E-state index is -0.419. The van der Waals surface area contributed by atoms with Gasteiger partial charge in [0.15, 0.2) is 0 Å². The maximum absolute atomic E-state index is 12.2. The highest BCUT2D eigenvalue weighted by Gasteiger charge is 2.28. The molecule has 1 saturated heterocycles. The first kappa shape index (κ1) is 17.8. The molecule has 0 aromatic carbocycles. The van der Waals surface area contributed by atoms with Crippen molar-refractivity contribution in [3.63, 3.8) is 0 Å². The molecule has 1 aliphatic rings. The van der Waals surface area contributed by atoms with Gasteiger partial charge in [-0.15, -0.1) is 5.10 Å². The van der Waals surface area contributed by atoms with Gasteiger partial charge in [-0.3, -0.25) is 19.1 Å². The summed E-state index contributed by atoms with van der Waals surface area (Å²) in [5.74, 6) is -0.791. The van der Waals surface area contributed by atoms with Crippen molar-refractivity contribution in [2.75, 3.05) is 33.9 Å². The predicted molar refractivity (Wildman–Crippen MR) is 83.4 cm³/mol. The molecular weight excluding hydrogens is 316 g/mol. The van der Waals surface area contributed by atoms with Crippen molar-refractivity contribution in [2.24, 2.45) is 13.0 Å². The van der Waals surface area contributed by atoms with Crippen LogP contribution in [0.15, 0.2) is 6.20 Å². The van der Waals surface area contributed by atoms with Gasteiger partial charge in [0.1, 0.15) is 5.56 Å². The maximum atomic E-state index is 12.2. The minimum absolute atomic E-state index is 0.111. The number of carbonyl (C=O) groups is 3. The lowest BCUT2D eigenvalue weighted by Crippen LogP contribution is -2.45. The summed E-state index contributed by atoms with van der Waals surface area (Å²) in [6.45, 7) is 0.842. The Kier molecular flexibility index (Phi) is 5.78. The standard InChI is InChI=1S/C15H22N4O5/c1-18-9-11(14(17-18)23-2)13(21)16-8-12(20)19-6-4-10(5-7-19)15(22)24-3/h9-10H,4-8H2,1-3H3,(H,16,21). The maximum Gasteiger partial charge on any atom is 0.308 e. The molecule has 9 nitrogen and oxygen atoms in total. The quantitative estimate of drug-likeness (QED) is 0.731. The number of likely N-dealkylation sites (tertiary alicyclic amines) is 1. The van der Waals surface area contributed by atoms with Crippen LogP contribution in [0.2, 0.25) is 0 Å². The summed E-state index contributed by atoms with van der Waals surface area (Å²) in [6.07, 6.45) is 2.67. The zero-order valence-corrected chi connectivity index (χ0v) is 14.1. The summed E-state index contributed by atoms with van der Waals surface area (Å²) in [6, 6.07) is 0. The smallest absolute Gasteiger partial charge is 0.308 e. The number of amides is 2. The van der Waals surface area contributed by atoms with Crippen LogP contribution in [0.1, 0.15) is 23.2 Å². The molecule has 1 fully saturated rings. The number of methoxy groups -OCH3 is 2. The van der Waals surface area contributed by atoms with Crippen molar-refractivity contribution in [3.05, 3.63) is 11.8 Å². The molecule has 2 amide bonds. The Morgan fingerprint density at radius 2 is 1.96 bits per heavy atom. The molecule has 1 aromatic rings. The van der Waals surface area contributed by atoms with Gasteiger partial charge < -0.3 is 19.7 Å². The fourth-order valence-corrected chi connectivity index (χ4v) is 2.67. The molecule has 0 saturated carbocycles. The van der Waals surface area contributed by atoms with Crippen LogP contribution in [0, 0.1) is 5.92 Å². The van der Waals surface area contributed by atoms with Crippen LogP contribution < -0.4 is 10.1 Å². The first-order chi connectivity index (χ1) is 11.5. The second kappa shape index (κ2) is 7.80. The van der Waals surface area contributed by atoms with Gasteiger partial charge >= 0.3 is 5.97 Å². The predicted octanol–water partition coefficient (Wildman–Crippen LogP) is -0.430. The lowest BCUT2D eigenvalue weighted by Gasteiger charge is -2.30. The molecule has 0 bridgehead atoms. The third-order valence-corrected chi connectivity index (χ3v) is 4.02. The van der Waals surface area contributed by atoms with E-state index in [2.05, 4.69) is 10.4 Å². The Bertz CT molecular complexity index is 619. The Morgan fingerprint density at radius 1 is 1.29 bits per heavy atom. The zero-order valence-electron chi connectivity index (χ0n) is 14.1. The summed E-state index contributed by atoms with van der Waals surface area (Å²) in [5.41, 5.74) is 0.275. The van der Waals surface area contributed by atoms with Gasteiger partial charge in [-0.05, 0) is 12.8 Å². The fourth-order valence-electron chi connectivity index (χ4n) is 2.67. The van der Waals surface area contributed by atoms with Crippen LogP contribution in [-0.4, -0.2) is 66.3 Å². The van der Waals surface area contributed by atoms with Gasteiger partial charge in [-0.25, -0.2) is 0 Å². The van der Waals surface area contributed by atoms with E-state index in [1.165, 1.54) is 25.1 Å². The summed E-state index contributed by atoms with van der Waals surface area (Å²) < 4.78 is 11.2. The monoisotopic (exact) mass is 338 g/mol. The van der Waals surface area contributed by atoms with Gasteiger partial charge in [0.05, 0.1) is 26.7 Å². The van der Waals surface area contributed by atoms with Crippen LogP contribution in [0.3, 0.4) is 0 Å². The molecule has 0 atom stereocenters. The average molecular weight is 338 g/mol. The summed E-state index contributed by atoms with van der Waals surface area (Å²) >= 11 is 0. The van der Waals surface area contributed by atoms with E-state index in [-0.39, 0.29) is 35.8 Å². The lowest BCUT2D eigenvalue weighted by molar-refractivity contribution is -0.148. The molecule has 132 valence electrons. The number of rotatable bonds is 5. The number of esters is 1. The second-order valence-electron chi connectivity index (χ2n) is 5.59. The van der Waals surface area contributed by atoms with Gasteiger partial charge in [0, 0.05) is 26.3 Å². The minimum Gasteiger partial charge on any atom is -0.479 e. The third kappa shape index (κ3) is 4.03. The fraction of sp³-hybridized carbons (Fsp3) is 0.600. The van der Waals surface area contributed by atoms with E-state index < -0.39 is 5.91 Å². The van der Waals surface area contributed by atoms with Crippen molar-refractivity contribution in [1.82, 2.24) is 20.0 Å². The van der Waals surface area contributed by atoms with Crippen LogP contribution in [-0.2, 0) is 21.4 Å². The van der Waals surface area contributed by atoms with Crippen LogP contribution in [0.4, 0.5) is 0 Å². The molecule has 9 heteroatoms. The topological polar surface area (TPSA) is 103 Å². The lowest BCUT2D eigenvalue weighted by atomic mass is 9.97. The van der Waals surface area contributed by atoms with E-state index in [1.54, 1.807) is 11.9 Å². The van der Waals surface area contributed by atoms with E-state index >= 15 is 0 Å². The second-order valence-corrected chi connectivity index (χ2v) is 5.59. The number of carbonyl (C=O) groups excluding carboxylic acids is 3. The van der Waals surface area contributed by atoms with Crippen molar-refractivity contribution >= 4 is 17.8 Å². The molecule has 2 rings (SSSR count). The summed E-state index contributed by atoms with van der Waals surface area (Å²) in [4.78, 5) is 37.4. The van der Waals surface area contributed by atoms with Gasteiger partial charge in [0.2, 0.25) is 11.8 Å². The van der Waals surface area contributed by atoms with E-state index in [0.29, 0.717) is 25.9 Å². The van der Waals surface area contributed by atoms with E-state index in [4.69, 9.17) is 9.47 Å². The molecule has 24 heavy (non-hydrogen) atoms. The van der Waals surface area contributed by atoms with Gasteiger partial charge in [-0.2, -0.15) is 0 Å². The number of hydrogen-bond donors (Lipinski definition) is 1. The number of nitrogens with zero attached hydrogens (tertiary/aromatic N) is 3. The molecular formula is C15H22N4O5. The molecule has 0 radical (unpaired) electrons. The van der Waals surface area contributed by atoms with Crippen molar-refractivity contribution in [3.8, 4) is 5.88 Å². The van der Waals surface area contributed by atoms with E-state index in [0.717, 1.165) is 0 Å². The molecule has 0 aliphatic carbocycles. The molecule has 2 heterocycles. The number of aromatic nitrogens is 2. The Morgan fingerprint density at radius 3 is 2.54 bits per heavy atom. The Hall–Kier alpha value is -2.58. The largest absolute Gasteiger partial charge is 0.479 e. The first-order valence-corrected chi connectivity index (χ1v) is 7.67. The molecule has 0 unspecified atom stereocenters. The Balaban J connectivity index is 1.83. The van der Waals surface area contributed by atoms with Gasteiger partial charge in [0.25, 0.3) is 5.91 Å². The molecule has 1 N–H and O–H groups in total. The number of ether oxygens (including phenoxy) is 2. The highest BCUT2D eigenvalue weighted by molar-refractivity contribution is 5.98. The number of aryl methyl sites for hydroxylation is 1. The van der Waals surface area contributed by atoms with Crippen LogP contribution in [0.5, 0.6) is 5.88 Å². The zero-order chi connectivity index (χ0) is 17.7. The van der Waals surface area contributed by atoms with Crippen molar-refractivity contribution in [1.29, 1.82) is 0 Å². The van der Waals surface area contributed by atoms with E-state index in [1.807, 2.05) is 0 Å². The van der Waals surface area contributed by atoms with Crippen molar-refractivity contribution < 1.29 is 23.9 Å². The molecule has 0 spiro atoms. The number of piperidine rings is 1. The molecule has 1 aromatic heterocycles. The van der Waals surface area contributed by atoms with Crippen LogP contribution in [0.25, 0.3) is 0 Å². The molecule has 1 aliphatic heterocycles. The third-order valence-electron chi connectivity index (χ3n) is 4.02. The van der Waals surface area contributed by atoms with Gasteiger partial charge in [-0.1, -0.05) is 0 Å². The number of nitrogens with one attached hydrogen (secondary N) is 1. The van der Waals surface area contributed by atoms with E-state index in [9.17, 15) is 14.4 Å². The summed E-state index contributed by atoms with van der Waals surface area (Å²) in [5, 5.41) is 6.57. The summed E-state index contributed by atoms with van der Waals surface area (Å²) in [7, 11) is 4.47.